The first-order valence-corrected chi connectivity index (χ1v) is 7.08. The van der Waals surface area contributed by atoms with Gasteiger partial charge in [0.2, 0.25) is 0 Å². The van der Waals surface area contributed by atoms with Crippen LogP contribution in [0.4, 0.5) is 15.8 Å². The van der Waals surface area contributed by atoms with Crippen molar-refractivity contribution in [2.45, 2.75) is 26.4 Å². The molecule has 0 aliphatic carbocycles. The number of halogens is 1. The lowest BCUT2D eigenvalue weighted by atomic mass is 10.1. The van der Waals surface area contributed by atoms with E-state index in [9.17, 15) is 4.39 Å². The molecular formula is C17H21FN2O. The smallest absolute Gasteiger partial charge is 0.123 e. The number of nitrogen functional groups attached to an aromatic ring is 1. The Hall–Kier alpha value is -2.23. The predicted octanol–water partition coefficient (Wildman–Crippen LogP) is 3.85. The van der Waals surface area contributed by atoms with Gasteiger partial charge >= 0.3 is 0 Å². The average molecular weight is 288 g/mol. The first-order valence-electron chi connectivity index (χ1n) is 7.08. The Morgan fingerprint density at radius 2 is 1.86 bits per heavy atom. The molecule has 0 aliphatic heterocycles. The Bertz CT molecular complexity index is 582. The van der Waals surface area contributed by atoms with Crippen LogP contribution in [0.5, 0.6) is 5.75 Å². The second-order valence-corrected chi connectivity index (χ2v) is 5.26. The number of anilines is 2. The Morgan fingerprint density at radius 3 is 2.52 bits per heavy atom. The third-order valence-electron chi connectivity index (χ3n) is 2.96. The van der Waals surface area contributed by atoms with Gasteiger partial charge in [-0.1, -0.05) is 12.1 Å². The van der Waals surface area contributed by atoms with Crippen LogP contribution in [0.3, 0.4) is 0 Å². The normalized spacial score (nSPS) is 10.7. The van der Waals surface area contributed by atoms with Crippen molar-refractivity contribution in [3.8, 4) is 5.75 Å². The molecule has 0 aromatic heterocycles. The van der Waals surface area contributed by atoms with Crippen LogP contribution in [-0.4, -0.2) is 12.6 Å². The van der Waals surface area contributed by atoms with Crippen LogP contribution in [0.15, 0.2) is 42.5 Å². The summed E-state index contributed by atoms with van der Waals surface area (Å²) in [6, 6.07) is 12.2. The first-order chi connectivity index (χ1) is 10.0. The van der Waals surface area contributed by atoms with Gasteiger partial charge in [-0.2, -0.15) is 0 Å². The van der Waals surface area contributed by atoms with Crippen LogP contribution in [0.2, 0.25) is 0 Å². The van der Waals surface area contributed by atoms with E-state index in [1.807, 2.05) is 32.0 Å². The standard InChI is InChI=1S/C17H21FN2O/c1-12(2)21-17-10-15(19)9-16(11-17)20-8-7-13-3-5-14(18)6-4-13/h3-6,9-12,20H,7-8,19H2,1-2H3. The number of rotatable bonds is 6. The van der Waals surface area contributed by atoms with Crippen molar-refractivity contribution in [2.75, 3.05) is 17.6 Å². The summed E-state index contributed by atoms with van der Waals surface area (Å²) in [6.45, 7) is 4.70. The molecule has 21 heavy (non-hydrogen) atoms. The highest BCUT2D eigenvalue weighted by Gasteiger charge is 2.02. The largest absolute Gasteiger partial charge is 0.491 e. The van der Waals surface area contributed by atoms with Gasteiger partial charge in [-0.05, 0) is 44.0 Å². The van der Waals surface area contributed by atoms with Crippen molar-refractivity contribution in [1.82, 2.24) is 0 Å². The lowest BCUT2D eigenvalue weighted by Gasteiger charge is -2.13. The van der Waals surface area contributed by atoms with Gasteiger partial charge in [-0.3, -0.25) is 0 Å². The zero-order valence-corrected chi connectivity index (χ0v) is 12.4. The number of benzene rings is 2. The summed E-state index contributed by atoms with van der Waals surface area (Å²) >= 11 is 0. The highest BCUT2D eigenvalue weighted by Crippen LogP contribution is 2.23. The van der Waals surface area contributed by atoms with Crippen LogP contribution in [0, 0.1) is 5.82 Å². The molecule has 0 amide bonds. The van der Waals surface area contributed by atoms with Gasteiger partial charge in [-0.15, -0.1) is 0 Å². The van der Waals surface area contributed by atoms with Gasteiger partial charge in [0.25, 0.3) is 0 Å². The van der Waals surface area contributed by atoms with Crippen molar-refractivity contribution >= 4 is 11.4 Å². The van der Waals surface area contributed by atoms with Gasteiger partial charge in [0.1, 0.15) is 11.6 Å². The number of ether oxygens (including phenoxy) is 1. The second kappa shape index (κ2) is 6.97. The van der Waals surface area contributed by atoms with Gasteiger partial charge < -0.3 is 15.8 Å². The lowest BCUT2D eigenvalue weighted by Crippen LogP contribution is -2.08. The van der Waals surface area contributed by atoms with E-state index in [2.05, 4.69) is 5.32 Å². The molecule has 0 atom stereocenters. The summed E-state index contributed by atoms with van der Waals surface area (Å²) < 4.78 is 18.5. The Labute approximate surface area is 124 Å². The molecule has 4 heteroatoms. The van der Waals surface area contributed by atoms with E-state index in [-0.39, 0.29) is 11.9 Å². The molecule has 0 heterocycles. The van der Waals surface area contributed by atoms with Crippen molar-refractivity contribution in [2.24, 2.45) is 0 Å². The minimum absolute atomic E-state index is 0.110. The van der Waals surface area contributed by atoms with Crippen LogP contribution >= 0.6 is 0 Å². The van der Waals surface area contributed by atoms with Crippen LogP contribution in [0.1, 0.15) is 19.4 Å². The maximum atomic E-state index is 12.8. The highest BCUT2D eigenvalue weighted by atomic mass is 19.1. The van der Waals surface area contributed by atoms with E-state index < -0.39 is 0 Å². The molecule has 3 N–H and O–H groups in total. The van der Waals surface area contributed by atoms with Gasteiger partial charge in [0.15, 0.2) is 0 Å². The van der Waals surface area contributed by atoms with E-state index in [1.165, 1.54) is 12.1 Å². The molecule has 0 spiro atoms. The van der Waals surface area contributed by atoms with Gasteiger partial charge in [0.05, 0.1) is 6.10 Å². The summed E-state index contributed by atoms with van der Waals surface area (Å²) in [5, 5.41) is 3.31. The second-order valence-electron chi connectivity index (χ2n) is 5.26. The summed E-state index contributed by atoms with van der Waals surface area (Å²) in [5.74, 6) is 0.548. The third-order valence-corrected chi connectivity index (χ3v) is 2.96. The van der Waals surface area contributed by atoms with Crippen LogP contribution < -0.4 is 15.8 Å². The maximum Gasteiger partial charge on any atom is 0.123 e. The predicted molar refractivity (Wildman–Crippen MR) is 85.2 cm³/mol. The fraction of sp³-hybridized carbons (Fsp3) is 0.294. The van der Waals surface area contributed by atoms with Crippen molar-refractivity contribution in [1.29, 1.82) is 0 Å². The van der Waals surface area contributed by atoms with E-state index >= 15 is 0 Å². The summed E-state index contributed by atoms with van der Waals surface area (Å²) in [7, 11) is 0. The molecule has 2 aromatic carbocycles. The number of hydrogen-bond acceptors (Lipinski definition) is 3. The van der Waals surface area contributed by atoms with E-state index in [4.69, 9.17) is 10.5 Å². The maximum absolute atomic E-state index is 12.8. The minimum Gasteiger partial charge on any atom is -0.491 e. The Balaban J connectivity index is 1.93. The van der Waals surface area contributed by atoms with Crippen molar-refractivity contribution in [3.63, 3.8) is 0 Å². The molecule has 3 nitrogen and oxygen atoms in total. The molecule has 112 valence electrons. The molecule has 0 aliphatic rings. The highest BCUT2D eigenvalue weighted by molar-refractivity contribution is 5.59. The molecular weight excluding hydrogens is 267 g/mol. The monoisotopic (exact) mass is 288 g/mol. The van der Waals surface area contributed by atoms with E-state index in [0.717, 1.165) is 30.0 Å². The zero-order valence-electron chi connectivity index (χ0n) is 12.4. The molecule has 0 saturated carbocycles. The minimum atomic E-state index is -0.210. The van der Waals surface area contributed by atoms with E-state index in [0.29, 0.717) is 5.69 Å². The quantitative estimate of drug-likeness (QED) is 0.794. The van der Waals surface area contributed by atoms with Crippen molar-refractivity contribution < 1.29 is 9.13 Å². The average Bonchev–Trinajstić information content (AvgIpc) is 2.39. The lowest BCUT2D eigenvalue weighted by molar-refractivity contribution is 0.242. The number of nitrogens with one attached hydrogen (secondary N) is 1. The fourth-order valence-corrected chi connectivity index (χ4v) is 2.07. The molecule has 2 aromatic rings. The van der Waals surface area contributed by atoms with Gasteiger partial charge in [-0.25, -0.2) is 4.39 Å². The zero-order chi connectivity index (χ0) is 15.2. The Morgan fingerprint density at radius 1 is 1.14 bits per heavy atom. The molecule has 0 unspecified atom stereocenters. The molecule has 2 rings (SSSR count). The fourth-order valence-electron chi connectivity index (χ4n) is 2.07. The van der Waals surface area contributed by atoms with Crippen molar-refractivity contribution in [3.05, 3.63) is 53.8 Å². The van der Waals surface area contributed by atoms with E-state index in [1.54, 1.807) is 12.1 Å². The van der Waals surface area contributed by atoms with Crippen LogP contribution in [-0.2, 0) is 6.42 Å². The third kappa shape index (κ3) is 4.99. The number of nitrogens with two attached hydrogens (primary N) is 1. The number of hydrogen-bond donors (Lipinski definition) is 2. The molecule has 0 radical (unpaired) electrons. The summed E-state index contributed by atoms with van der Waals surface area (Å²) in [4.78, 5) is 0. The topological polar surface area (TPSA) is 47.3 Å². The molecule has 0 bridgehead atoms. The van der Waals surface area contributed by atoms with Crippen LogP contribution in [0.25, 0.3) is 0 Å². The molecule has 0 fully saturated rings. The summed E-state index contributed by atoms with van der Waals surface area (Å²) in [6.07, 6.45) is 0.925. The Kier molecular flexibility index (Phi) is 5.04. The first kappa shape index (κ1) is 15.2. The molecule has 0 saturated heterocycles. The van der Waals surface area contributed by atoms with Gasteiger partial charge in [0, 0.05) is 30.1 Å². The summed E-state index contributed by atoms with van der Waals surface area (Å²) in [5.41, 5.74) is 8.55. The SMILES string of the molecule is CC(C)Oc1cc(N)cc(NCCc2ccc(F)cc2)c1.